The van der Waals surface area contributed by atoms with Crippen molar-refractivity contribution in [2.75, 3.05) is 7.11 Å². The van der Waals surface area contributed by atoms with Crippen LogP contribution in [0.1, 0.15) is 13.8 Å². The van der Waals surface area contributed by atoms with Crippen molar-refractivity contribution >= 4 is 5.97 Å². The SMILES string of the molecule is C=CC.COC(C)C(=O)O. The van der Waals surface area contributed by atoms with Crippen LogP contribution in [0.5, 0.6) is 0 Å². The summed E-state index contributed by atoms with van der Waals surface area (Å²) in [5.41, 5.74) is 0. The molecule has 0 radical (unpaired) electrons. The molecular formula is C7H14O3. The maximum Gasteiger partial charge on any atom is 0.332 e. The van der Waals surface area contributed by atoms with Crippen LogP contribution in [-0.4, -0.2) is 24.3 Å². The van der Waals surface area contributed by atoms with Crippen LogP contribution in [0.15, 0.2) is 12.7 Å². The van der Waals surface area contributed by atoms with Crippen molar-refractivity contribution in [1.29, 1.82) is 0 Å². The van der Waals surface area contributed by atoms with E-state index in [1.54, 1.807) is 6.08 Å². The first kappa shape index (κ1) is 11.9. The molecule has 0 aliphatic carbocycles. The second-order valence-corrected chi connectivity index (χ2v) is 1.62. The Balaban J connectivity index is 0. The fraction of sp³-hybridized carbons (Fsp3) is 0.571. The summed E-state index contributed by atoms with van der Waals surface area (Å²) in [6.45, 7) is 6.72. The molecule has 0 bridgehead atoms. The van der Waals surface area contributed by atoms with Gasteiger partial charge >= 0.3 is 5.97 Å². The van der Waals surface area contributed by atoms with Gasteiger partial charge in [0.1, 0.15) is 0 Å². The molecule has 0 aromatic carbocycles. The van der Waals surface area contributed by atoms with Crippen LogP contribution in [-0.2, 0) is 9.53 Å². The third-order valence-corrected chi connectivity index (χ3v) is 0.701. The summed E-state index contributed by atoms with van der Waals surface area (Å²) >= 11 is 0. The smallest absolute Gasteiger partial charge is 0.332 e. The van der Waals surface area contributed by atoms with Gasteiger partial charge in [0.2, 0.25) is 0 Å². The van der Waals surface area contributed by atoms with E-state index in [1.807, 2.05) is 6.92 Å². The first-order chi connectivity index (χ1) is 4.59. The first-order valence-electron chi connectivity index (χ1n) is 2.92. The van der Waals surface area contributed by atoms with E-state index in [-0.39, 0.29) is 0 Å². The molecular weight excluding hydrogens is 132 g/mol. The molecule has 0 saturated carbocycles. The fourth-order valence-electron chi connectivity index (χ4n) is 0.101. The normalized spacial score (nSPS) is 10.7. The molecule has 0 amide bonds. The maximum absolute atomic E-state index is 9.81. The van der Waals surface area contributed by atoms with Crippen molar-refractivity contribution in [3.63, 3.8) is 0 Å². The monoisotopic (exact) mass is 146 g/mol. The zero-order chi connectivity index (χ0) is 8.57. The second-order valence-electron chi connectivity index (χ2n) is 1.62. The van der Waals surface area contributed by atoms with Crippen molar-refractivity contribution in [2.45, 2.75) is 20.0 Å². The number of carbonyl (C=O) groups is 1. The number of aliphatic carboxylic acids is 1. The van der Waals surface area contributed by atoms with Crippen LogP contribution < -0.4 is 0 Å². The van der Waals surface area contributed by atoms with E-state index in [9.17, 15) is 4.79 Å². The zero-order valence-corrected chi connectivity index (χ0v) is 6.63. The molecule has 0 aliphatic rings. The molecule has 0 heterocycles. The van der Waals surface area contributed by atoms with E-state index in [0.717, 1.165) is 0 Å². The number of hydrogen-bond acceptors (Lipinski definition) is 2. The van der Waals surface area contributed by atoms with Crippen molar-refractivity contribution in [1.82, 2.24) is 0 Å². The van der Waals surface area contributed by atoms with E-state index in [2.05, 4.69) is 11.3 Å². The average Bonchev–Trinajstić information content (AvgIpc) is 1.88. The summed E-state index contributed by atoms with van der Waals surface area (Å²) in [4.78, 5) is 9.81. The molecule has 1 unspecified atom stereocenters. The summed E-state index contributed by atoms with van der Waals surface area (Å²) in [6.07, 6.45) is 1.07. The lowest BCUT2D eigenvalue weighted by molar-refractivity contribution is -0.147. The van der Waals surface area contributed by atoms with E-state index in [4.69, 9.17) is 5.11 Å². The Labute approximate surface area is 61.3 Å². The number of allylic oxidation sites excluding steroid dienone is 1. The van der Waals surface area contributed by atoms with Gasteiger partial charge in [-0.1, -0.05) is 6.08 Å². The van der Waals surface area contributed by atoms with E-state index >= 15 is 0 Å². The minimum absolute atomic E-state index is 0.681. The van der Waals surface area contributed by atoms with E-state index < -0.39 is 12.1 Å². The molecule has 0 aromatic heterocycles. The molecule has 10 heavy (non-hydrogen) atoms. The van der Waals surface area contributed by atoms with Crippen molar-refractivity contribution in [3.05, 3.63) is 12.7 Å². The van der Waals surface area contributed by atoms with Crippen LogP contribution >= 0.6 is 0 Å². The van der Waals surface area contributed by atoms with Crippen molar-refractivity contribution in [2.24, 2.45) is 0 Å². The molecule has 0 rings (SSSR count). The van der Waals surface area contributed by atoms with E-state index in [1.165, 1.54) is 14.0 Å². The quantitative estimate of drug-likeness (QED) is 0.597. The van der Waals surface area contributed by atoms with E-state index in [0.29, 0.717) is 0 Å². The molecule has 0 aromatic rings. The second kappa shape index (κ2) is 8.17. The predicted octanol–water partition coefficient (Wildman–Crippen LogP) is 1.30. The highest BCUT2D eigenvalue weighted by Gasteiger charge is 2.06. The predicted molar refractivity (Wildman–Crippen MR) is 40.0 cm³/mol. The van der Waals surface area contributed by atoms with Gasteiger partial charge in [-0.25, -0.2) is 4.79 Å². The van der Waals surface area contributed by atoms with Crippen LogP contribution in [0, 0.1) is 0 Å². The molecule has 60 valence electrons. The number of carboxylic acid groups (broad SMARTS) is 1. The molecule has 3 nitrogen and oxygen atoms in total. The fourth-order valence-corrected chi connectivity index (χ4v) is 0.101. The zero-order valence-electron chi connectivity index (χ0n) is 6.63. The third kappa shape index (κ3) is 10.2. The lowest BCUT2D eigenvalue weighted by Gasteiger charge is -1.98. The summed E-state index contributed by atoms with van der Waals surface area (Å²) in [6, 6.07) is 0. The van der Waals surface area contributed by atoms with Gasteiger partial charge in [0.05, 0.1) is 0 Å². The highest BCUT2D eigenvalue weighted by atomic mass is 16.5. The molecule has 1 atom stereocenters. The molecule has 0 fully saturated rings. The van der Waals surface area contributed by atoms with Crippen molar-refractivity contribution in [3.8, 4) is 0 Å². The summed E-state index contributed by atoms with van der Waals surface area (Å²) in [5, 5.41) is 8.06. The van der Waals surface area contributed by atoms with Crippen LogP contribution in [0.3, 0.4) is 0 Å². The van der Waals surface area contributed by atoms with Crippen molar-refractivity contribution < 1.29 is 14.6 Å². The number of rotatable bonds is 2. The van der Waals surface area contributed by atoms with Gasteiger partial charge in [-0.3, -0.25) is 0 Å². The Kier molecular flexibility index (Phi) is 9.73. The average molecular weight is 146 g/mol. The Morgan fingerprint density at radius 3 is 2.10 bits per heavy atom. The number of methoxy groups -OCH3 is 1. The van der Waals surface area contributed by atoms with Crippen LogP contribution in [0.25, 0.3) is 0 Å². The molecule has 0 spiro atoms. The Hall–Kier alpha value is -0.830. The van der Waals surface area contributed by atoms with Crippen LogP contribution in [0.4, 0.5) is 0 Å². The van der Waals surface area contributed by atoms with Crippen LogP contribution in [0.2, 0.25) is 0 Å². The minimum atomic E-state index is -0.928. The Morgan fingerprint density at radius 1 is 1.80 bits per heavy atom. The number of hydrogen-bond donors (Lipinski definition) is 1. The van der Waals surface area contributed by atoms with Gasteiger partial charge in [0.15, 0.2) is 6.10 Å². The third-order valence-electron chi connectivity index (χ3n) is 0.701. The standard InChI is InChI=1S/C4H8O3.C3H6/c1-3(7-2)4(5)6;1-3-2/h3H,1-2H3,(H,5,6);3H,1H2,2H3. The van der Waals surface area contributed by atoms with Gasteiger partial charge in [-0.05, 0) is 13.8 Å². The number of carboxylic acids is 1. The first-order valence-corrected chi connectivity index (χ1v) is 2.92. The van der Waals surface area contributed by atoms with Gasteiger partial charge in [0.25, 0.3) is 0 Å². The molecule has 1 N–H and O–H groups in total. The van der Waals surface area contributed by atoms with Gasteiger partial charge < -0.3 is 9.84 Å². The molecule has 0 saturated heterocycles. The van der Waals surface area contributed by atoms with Gasteiger partial charge in [-0.2, -0.15) is 0 Å². The lowest BCUT2D eigenvalue weighted by Crippen LogP contribution is -2.17. The summed E-state index contributed by atoms with van der Waals surface area (Å²) in [7, 11) is 1.36. The summed E-state index contributed by atoms with van der Waals surface area (Å²) < 4.78 is 4.41. The largest absolute Gasteiger partial charge is 0.479 e. The van der Waals surface area contributed by atoms with Gasteiger partial charge in [-0.15, -0.1) is 6.58 Å². The molecule has 3 heteroatoms. The lowest BCUT2D eigenvalue weighted by atomic mass is 10.4. The van der Waals surface area contributed by atoms with Gasteiger partial charge in [0, 0.05) is 7.11 Å². The minimum Gasteiger partial charge on any atom is -0.479 e. The Morgan fingerprint density at radius 2 is 2.10 bits per heavy atom. The summed E-state index contributed by atoms with van der Waals surface area (Å²) in [5.74, 6) is -0.928. The maximum atomic E-state index is 9.81. The highest BCUT2D eigenvalue weighted by Crippen LogP contribution is 1.83. The Bertz CT molecular complexity index is 99.0. The number of ether oxygens (including phenoxy) is 1. The molecule has 0 aliphatic heterocycles. The topological polar surface area (TPSA) is 46.5 Å². The highest BCUT2D eigenvalue weighted by molar-refractivity contribution is 5.71.